The molecule has 0 aliphatic carbocycles. The molecule has 5 nitrogen and oxygen atoms in total. The van der Waals surface area contributed by atoms with Crippen molar-refractivity contribution in [3.63, 3.8) is 0 Å². The Morgan fingerprint density at radius 1 is 1.05 bits per heavy atom. The lowest BCUT2D eigenvalue weighted by atomic mass is 10.0. The van der Waals surface area contributed by atoms with Crippen LogP contribution in [0.2, 0.25) is 0 Å². The number of aldehydes is 1. The zero-order valence-corrected chi connectivity index (χ0v) is 13.0. The molecular formula is C16H16O5S. The first-order valence-corrected chi connectivity index (χ1v) is 8.08. The Hall–Kier alpha value is -2.18. The predicted octanol–water partition coefficient (Wildman–Crippen LogP) is 3.20. The number of benzene rings is 2. The summed E-state index contributed by atoms with van der Waals surface area (Å²) in [5.74, 6) is 0.563. The van der Waals surface area contributed by atoms with Crippen molar-refractivity contribution >= 4 is 16.4 Å². The van der Waals surface area contributed by atoms with Gasteiger partial charge in [-0.2, -0.15) is 8.42 Å². The molecule has 6 heteroatoms. The molecule has 116 valence electrons. The first-order chi connectivity index (χ1) is 10.3. The summed E-state index contributed by atoms with van der Waals surface area (Å²) in [6.07, 6.45) is 0.695. The predicted molar refractivity (Wildman–Crippen MR) is 82.8 cm³/mol. The Morgan fingerprint density at radius 2 is 1.68 bits per heavy atom. The average molecular weight is 320 g/mol. The van der Waals surface area contributed by atoms with E-state index in [1.165, 1.54) is 12.1 Å². The minimum atomic E-state index is -4.22. The van der Waals surface area contributed by atoms with Crippen LogP contribution in [0.5, 0.6) is 5.75 Å². The van der Waals surface area contributed by atoms with Crippen molar-refractivity contribution in [2.45, 2.75) is 24.8 Å². The van der Waals surface area contributed by atoms with Crippen LogP contribution in [0.25, 0.3) is 11.1 Å². The lowest BCUT2D eigenvalue weighted by molar-refractivity contribution is 0.112. The second-order valence-electron chi connectivity index (χ2n) is 5.07. The van der Waals surface area contributed by atoms with Crippen LogP contribution >= 0.6 is 0 Å². The van der Waals surface area contributed by atoms with Gasteiger partial charge in [-0.15, -0.1) is 0 Å². The highest BCUT2D eigenvalue weighted by molar-refractivity contribution is 7.85. The van der Waals surface area contributed by atoms with Gasteiger partial charge in [0.25, 0.3) is 10.1 Å². The summed E-state index contributed by atoms with van der Waals surface area (Å²) in [7, 11) is -4.22. The molecule has 0 saturated heterocycles. The van der Waals surface area contributed by atoms with E-state index in [2.05, 4.69) is 0 Å². The molecule has 0 fully saturated rings. The molecule has 0 spiro atoms. The topological polar surface area (TPSA) is 80.7 Å². The van der Waals surface area contributed by atoms with E-state index < -0.39 is 10.1 Å². The molecule has 0 aromatic heterocycles. The third-order valence-corrected chi connectivity index (χ3v) is 3.79. The van der Waals surface area contributed by atoms with Crippen molar-refractivity contribution in [2.75, 3.05) is 0 Å². The number of ether oxygens (including phenoxy) is 1. The van der Waals surface area contributed by atoms with Crippen molar-refractivity contribution in [3.8, 4) is 16.9 Å². The Morgan fingerprint density at radius 3 is 2.18 bits per heavy atom. The number of hydrogen-bond donors (Lipinski definition) is 1. The fraction of sp³-hybridized carbons (Fsp3) is 0.188. The van der Waals surface area contributed by atoms with E-state index >= 15 is 0 Å². The third kappa shape index (κ3) is 3.93. The summed E-state index contributed by atoms with van der Waals surface area (Å²) in [5, 5.41) is 0. The molecule has 2 aromatic rings. The highest BCUT2D eigenvalue weighted by atomic mass is 32.2. The summed E-state index contributed by atoms with van der Waals surface area (Å²) in [6.45, 7) is 3.77. The van der Waals surface area contributed by atoms with E-state index in [4.69, 9.17) is 9.29 Å². The van der Waals surface area contributed by atoms with Crippen LogP contribution in [0.1, 0.15) is 24.2 Å². The minimum absolute atomic E-state index is 0.0309. The van der Waals surface area contributed by atoms with E-state index in [1.54, 1.807) is 30.3 Å². The quantitative estimate of drug-likeness (QED) is 0.676. The fourth-order valence-electron chi connectivity index (χ4n) is 2.02. The van der Waals surface area contributed by atoms with Crippen LogP contribution in [0, 0.1) is 0 Å². The lowest BCUT2D eigenvalue weighted by Crippen LogP contribution is -2.06. The summed E-state index contributed by atoms with van der Waals surface area (Å²) in [6, 6.07) is 10.8. The van der Waals surface area contributed by atoms with Gasteiger partial charge in [0.05, 0.1) is 11.0 Å². The molecule has 0 heterocycles. The third-order valence-electron chi connectivity index (χ3n) is 2.92. The highest BCUT2D eigenvalue weighted by Crippen LogP contribution is 2.27. The Kier molecular flexibility index (Phi) is 4.63. The van der Waals surface area contributed by atoms with Gasteiger partial charge in [0.2, 0.25) is 0 Å². The van der Waals surface area contributed by atoms with Gasteiger partial charge in [-0.05, 0) is 55.3 Å². The Labute approximate surface area is 129 Å². The van der Waals surface area contributed by atoms with Crippen molar-refractivity contribution in [1.82, 2.24) is 0 Å². The van der Waals surface area contributed by atoms with Gasteiger partial charge < -0.3 is 4.74 Å². The molecule has 2 aromatic carbocycles. The van der Waals surface area contributed by atoms with E-state index in [1.807, 2.05) is 13.8 Å². The van der Waals surface area contributed by atoms with Crippen molar-refractivity contribution in [3.05, 3.63) is 48.0 Å². The van der Waals surface area contributed by atoms with Crippen LogP contribution in [-0.4, -0.2) is 25.4 Å². The molecule has 0 aliphatic heterocycles. The van der Waals surface area contributed by atoms with E-state index in [-0.39, 0.29) is 11.0 Å². The van der Waals surface area contributed by atoms with Crippen LogP contribution < -0.4 is 4.74 Å². The van der Waals surface area contributed by atoms with Gasteiger partial charge in [-0.1, -0.05) is 12.1 Å². The molecule has 1 N–H and O–H groups in total. The zero-order valence-electron chi connectivity index (χ0n) is 12.2. The van der Waals surface area contributed by atoms with Gasteiger partial charge in [0.15, 0.2) is 0 Å². The van der Waals surface area contributed by atoms with Crippen LogP contribution in [0.3, 0.4) is 0 Å². The molecule has 0 saturated carbocycles. The SMILES string of the molecule is CC(C)Oc1cc(C=O)cc(-c2ccc(S(=O)(=O)O)cc2)c1. The second-order valence-corrected chi connectivity index (χ2v) is 6.50. The van der Waals surface area contributed by atoms with Crippen molar-refractivity contribution in [2.24, 2.45) is 0 Å². The Balaban J connectivity index is 2.45. The second kappa shape index (κ2) is 6.29. The molecule has 0 bridgehead atoms. The fourth-order valence-corrected chi connectivity index (χ4v) is 2.50. The maximum absolute atomic E-state index is 11.0. The molecule has 2 rings (SSSR count). The summed E-state index contributed by atoms with van der Waals surface area (Å²) in [5.41, 5.74) is 1.90. The van der Waals surface area contributed by atoms with Gasteiger partial charge >= 0.3 is 0 Å². The summed E-state index contributed by atoms with van der Waals surface area (Å²) in [4.78, 5) is 10.9. The minimum Gasteiger partial charge on any atom is -0.491 e. The number of rotatable bonds is 5. The maximum Gasteiger partial charge on any atom is 0.294 e. The molecule has 0 aliphatic rings. The van der Waals surface area contributed by atoms with Crippen molar-refractivity contribution in [1.29, 1.82) is 0 Å². The summed E-state index contributed by atoms with van der Waals surface area (Å²) >= 11 is 0. The molecule has 0 radical (unpaired) electrons. The van der Waals surface area contributed by atoms with Crippen LogP contribution in [-0.2, 0) is 10.1 Å². The standard InChI is InChI=1S/C16H16O5S/c1-11(2)21-15-8-12(10-17)7-14(9-15)13-3-5-16(6-4-13)22(18,19)20/h3-11H,1-2H3,(H,18,19,20). The molecule has 22 heavy (non-hydrogen) atoms. The van der Waals surface area contributed by atoms with Crippen LogP contribution in [0.15, 0.2) is 47.4 Å². The molecule has 0 amide bonds. The van der Waals surface area contributed by atoms with Gasteiger partial charge in [-0.25, -0.2) is 0 Å². The van der Waals surface area contributed by atoms with E-state index in [9.17, 15) is 13.2 Å². The highest BCUT2D eigenvalue weighted by Gasteiger charge is 2.10. The number of hydrogen-bond acceptors (Lipinski definition) is 4. The van der Waals surface area contributed by atoms with Gasteiger partial charge in [0.1, 0.15) is 12.0 Å². The average Bonchev–Trinajstić information content (AvgIpc) is 2.45. The van der Waals surface area contributed by atoms with Crippen molar-refractivity contribution < 1.29 is 22.5 Å². The van der Waals surface area contributed by atoms with Crippen LogP contribution in [0.4, 0.5) is 0 Å². The first kappa shape index (κ1) is 16.2. The maximum atomic E-state index is 11.0. The van der Waals surface area contributed by atoms with Gasteiger partial charge in [0, 0.05) is 5.56 Å². The zero-order chi connectivity index (χ0) is 16.3. The smallest absolute Gasteiger partial charge is 0.294 e. The van der Waals surface area contributed by atoms with Gasteiger partial charge in [-0.3, -0.25) is 9.35 Å². The van der Waals surface area contributed by atoms with E-state index in [0.717, 1.165) is 11.8 Å². The number of carbonyl (C=O) groups excluding carboxylic acids is 1. The summed E-state index contributed by atoms with van der Waals surface area (Å²) < 4.78 is 36.7. The normalized spacial score (nSPS) is 11.5. The largest absolute Gasteiger partial charge is 0.491 e. The molecule has 0 unspecified atom stereocenters. The number of carbonyl (C=O) groups is 1. The molecular weight excluding hydrogens is 304 g/mol. The molecule has 0 atom stereocenters. The Bertz CT molecular complexity index is 777. The monoisotopic (exact) mass is 320 g/mol. The lowest BCUT2D eigenvalue weighted by Gasteiger charge is -2.12. The van der Waals surface area contributed by atoms with E-state index in [0.29, 0.717) is 16.9 Å². The first-order valence-electron chi connectivity index (χ1n) is 6.64.